The van der Waals surface area contributed by atoms with Crippen molar-refractivity contribution in [2.24, 2.45) is 0 Å². The maximum Gasteiger partial charge on any atom is 0.274 e. The van der Waals surface area contributed by atoms with Crippen LogP contribution in [0.3, 0.4) is 0 Å². The van der Waals surface area contributed by atoms with E-state index in [1.54, 1.807) is 6.20 Å². The molecule has 1 aliphatic rings. The zero-order chi connectivity index (χ0) is 19.0. The van der Waals surface area contributed by atoms with Crippen molar-refractivity contribution in [2.45, 2.75) is 26.3 Å². The second-order valence-corrected chi connectivity index (χ2v) is 7.24. The van der Waals surface area contributed by atoms with Gasteiger partial charge in [-0.1, -0.05) is 29.8 Å². The van der Waals surface area contributed by atoms with Crippen LogP contribution >= 0.6 is 11.6 Å². The average molecular weight is 384 g/mol. The lowest BCUT2D eigenvalue weighted by atomic mass is 10.0. The van der Waals surface area contributed by atoms with Gasteiger partial charge in [-0.15, -0.1) is 0 Å². The fraction of sp³-hybridized carbons (Fsp3) is 0.350. The lowest BCUT2D eigenvalue weighted by Gasteiger charge is -2.15. The smallest absolute Gasteiger partial charge is 0.274 e. The van der Waals surface area contributed by atoms with E-state index in [0.29, 0.717) is 23.0 Å². The standard InChI is InChI=1S/C20H22ClN5O/c1-13-15(11-22-2)18(14-7-3-4-8-16(14)21)26-12-17(24-20(26)23-13)19(27)25-9-5-6-10-25/h3-4,7-8,12,22H,5-6,9-11H2,1-2H3. The molecule has 1 amide bonds. The third-order valence-electron chi connectivity index (χ3n) is 5.01. The van der Waals surface area contributed by atoms with Gasteiger partial charge in [0, 0.05) is 47.7 Å². The number of aryl methyl sites for hydroxylation is 1. The van der Waals surface area contributed by atoms with Gasteiger partial charge in [-0.05, 0) is 32.9 Å². The summed E-state index contributed by atoms with van der Waals surface area (Å²) in [6.07, 6.45) is 3.89. The van der Waals surface area contributed by atoms with Crippen molar-refractivity contribution in [1.82, 2.24) is 24.6 Å². The molecule has 0 aliphatic carbocycles. The molecule has 1 saturated heterocycles. The average Bonchev–Trinajstić information content (AvgIpc) is 3.32. The number of amides is 1. The molecule has 27 heavy (non-hydrogen) atoms. The molecule has 4 rings (SSSR count). The van der Waals surface area contributed by atoms with Crippen molar-refractivity contribution in [3.8, 4) is 11.3 Å². The summed E-state index contributed by atoms with van der Waals surface area (Å²) in [5, 5.41) is 3.86. The Labute approximate surface area is 163 Å². The molecule has 0 bridgehead atoms. The number of hydrogen-bond donors (Lipinski definition) is 1. The van der Waals surface area contributed by atoms with Gasteiger partial charge in [0.1, 0.15) is 5.69 Å². The molecule has 1 fully saturated rings. The third-order valence-corrected chi connectivity index (χ3v) is 5.34. The van der Waals surface area contributed by atoms with Gasteiger partial charge in [0.2, 0.25) is 5.78 Å². The van der Waals surface area contributed by atoms with Gasteiger partial charge < -0.3 is 10.2 Å². The Morgan fingerprint density at radius 2 is 1.96 bits per heavy atom. The van der Waals surface area contributed by atoms with Crippen LogP contribution in [0.5, 0.6) is 0 Å². The first-order valence-electron chi connectivity index (χ1n) is 9.17. The van der Waals surface area contributed by atoms with Crippen LogP contribution in [0.2, 0.25) is 5.02 Å². The van der Waals surface area contributed by atoms with Crippen LogP contribution in [0, 0.1) is 6.92 Å². The number of likely N-dealkylation sites (tertiary alicyclic amines) is 1. The minimum Gasteiger partial charge on any atom is -0.337 e. The van der Waals surface area contributed by atoms with E-state index >= 15 is 0 Å². The largest absolute Gasteiger partial charge is 0.337 e. The van der Waals surface area contributed by atoms with Crippen LogP contribution in [0.1, 0.15) is 34.6 Å². The highest BCUT2D eigenvalue weighted by atomic mass is 35.5. The van der Waals surface area contributed by atoms with E-state index in [0.717, 1.165) is 48.4 Å². The molecule has 2 aromatic heterocycles. The van der Waals surface area contributed by atoms with Gasteiger partial charge in [-0.3, -0.25) is 9.20 Å². The third kappa shape index (κ3) is 3.19. The predicted octanol–water partition coefficient (Wildman–Crippen LogP) is 3.31. The number of rotatable bonds is 4. The monoisotopic (exact) mass is 383 g/mol. The van der Waals surface area contributed by atoms with Crippen molar-refractivity contribution in [3.63, 3.8) is 0 Å². The van der Waals surface area contributed by atoms with Crippen molar-refractivity contribution in [1.29, 1.82) is 0 Å². The number of fused-ring (bicyclic) bond motifs is 1. The molecule has 7 heteroatoms. The van der Waals surface area contributed by atoms with E-state index in [1.807, 2.05) is 47.5 Å². The number of benzene rings is 1. The van der Waals surface area contributed by atoms with Crippen LogP contribution in [-0.2, 0) is 6.54 Å². The van der Waals surface area contributed by atoms with Crippen LogP contribution < -0.4 is 5.32 Å². The summed E-state index contributed by atoms with van der Waals surface area (Å²) in [6.45, 7) is 4.19. The zero-order valence-electron chi connectivity index (χ0n) is 15.5. The first-order chi connectivity index (χ1) is 13.1. The minimum absolute atomic E-state index is 0.0315. The highest BCUT2D eigenvalue weighted by Crippen LogP contribution is 2.32. The molecule has 1 aromatic carbocycles. The number of nitrogens with zero attached hydrogens (tertiary/aromatic N) is 4. The van der Waals surface area contributed by atoms with Crippen LogP contribution in [0.4, 0.5) is 0 Å². The predicted molar refractivity (Wildman–Crippen MR) is 106 cm³/mol. The summed E-state index contributed by atoms with van der Waals surface area (Å²) in [5.41, 5.74) is 4.16. The summed E-state index contributed by atoms with van der Waals surface area (Å²) in [4.78, 5) is 23.8. The van der Waals surface area contributed by atoms with Gasteiger partial charge in [-0.25, -0.2) is 9.97 Å². The molecule has 140 valence electrons. The number of carbonyl (C=O) groups excluding carboxylic acids is 1. The molecule has 6 nitrogen and oxygen atoms in total. The molecule has 0 atom stereocenters. The first-order valence-corrected chi connectivity index (χ1v) is 9.55. The minimum atomic E-state index is -0.0315. The molecule has 3 aromatic rings. The van der Waals surface area contributed by atoms with Gasteiger partial charge in [0.05, 0.1) is 5.69 Å². The maximum absolute atomic E-state index is 12.8. The van der Waals surface area contributed by atoms with Crippen molar-refractivity contribution < 1.29 is 4.79 Å². The van der Waals surface area contributed by atoms with Crippen LogP contribution in [0.25, 0.3) is 17.0 Å². The number of nitrogens with one attached hydrogen (secondary N) is 1. The van der Waals surface area contributed by atoms with E-state index in [4.69, 9.17) is 11.6 Å². The second-order valence-electron chi connectivity index (χ2n) is 6.83. The summed E-state index contributed by atoms with van der Waals surface area (Å²) >= 11 is 6.51. The van der Waals surface area contributed by atoms with Crippen molar-refractivity contribution in [2.75, 3.05) is 20.1 Å². The number of aromatic nitrogens is 3. The van der Waals surface area contributed by atoms with Gasteiger partial charge in [0.25, 0.3) is 5.91 Å². The molecule has 0 saturated carbocycles. The number of hydrogen-bond acceptors (Lipinski definition) is 4. The van der Waals surface area contributed by atoms with Gasteiger partial charge in [-0.2, -0.15) is 0 Å². The normalized spacial score (nSPS) is 14.3. The Bertz CT molecular complexity index is 1010. The molecule has 0 radical (unpaired) electrons. The lowest BCUT2D eigenvalue weighted by molar-refractivity contribution is 0.0787. The SMILES string of the molecule is CNCc1c(C)nc2nc(C(=O)N3CCCC3)cn2c1-c1ccccc1Cl. The Kier molecular flexibility index (Phi) is 4.85. The van der Waals surface area contributed by atoms with Crippen LogP contribution in [-0.4, -0.2) is 45.3 Å². The maximum atomic E-state index is 12.8. The summed E-state index contributed by atoms with van der Waals surface area (Å²) in [7, 11) is 1.90. The van der Waals surface area contributed by atoms with E-state index in [-0.39, 0.29) is 5.91 Å². The molecule has 0 spiro atoms. The lowest BCUT2D eigenvalue weighted by Crippen LogP contribution is -2.27. The Morgan fingerprint density at radius 1 is 1.22 bits per heavy atom. The fourth-order valence-electron chi connectivity index (χ4n) is 3.67. The molecular weight excluding hydrogens is 362 g/mol. The van der Waals surface area contributed by atoms with Gasteiger partial charge in [0.15, 0.2) is 0 Å². The highest BCUT2D eigenvalue weighted by Gasteiger charge is 2.24. The summed E-state index contributed by atoms with van der Waals surface area (Å²) < 4.78 is 1.89. The molecule has 1 N–H and O–H groups in total. The van der Waals surface area contributed by atoms with E-state index in [1.165, 1.54) is 0 Å². The number of halogens is 1. The highest BCUT2D eigenvalue weighted by molar-refractivity contribution is 6.33. The first kappa shape index (κ1) is 17.9. The van der Waals surface area contributed by atoms with Crippen molar-refractivity contribution >= 4 is 23.3 Å². The second kappa shape index (κ2) is 7.29. The van der Waals surface area contributed by atoms with Gasteiger partial charge >= 0.3 is 0 Å². The van der Waals surface area contributed by atoms with E-state index in [9.17, 15) is 4.79 Å². The van der Waals surface area contributed by atoms with E-state index in [2.05, 4.69) is 15.3 Å². The quantitative estimate of drug-likeness (QED) is 0.750. The molecule has 0 unspecified atom stereocenters. The summed E-state index contributed by atoms with van der Waals surface area (Å²) in [6, 6.07) is 7.72. The zero-order valence-corrected chi connectivity index (χ0v) is 16.3. The van der Waals surface area contributed by atoms with Crippen molar-refractivity contribution in [3.05, 3.63) is 52.4 Å². The molecule has 3 heterocycles. The van der Waals surface area contributed by atoms with E-state index < -0.39 is 0 Å². The molecule has 1 aliphatic heterocycles. The Morgan fingerprint density at radius 3 is 2.67 bits per heavy atom. The topological polar surface area (TPSA) is 62.5 Å². The molecular formula is C20H22ClN5O. The Balaban J connectivity index is 1.93. The summed E-state index contributed by atoms with van der Waals surface area (Å²) in [5.74, 6) is 0.487. The number of carbonyl (C=O) groups is 1. The Hall–Kier alpha value is -2.44. The number of imidazole rings is 1. The van der Waals surface area contributed by atoms with Crippen LogP contribution in [0.15, 0.2) is 30.5 Å². The fourth-order valence-corrected chi connectivity index (χ4v) is 3.89.